The van der Waals surface area contributed by atoms with E-state index >= 15 is 0 Å². The van der Waals surface area contributed by atoms with Crippen molar-refractivity contribution in [3.63, 3.8) is 0 Å². The summed E-state index contributed by atoms with van der Waals surface area (Å²) < 4.78 is 0. The van der Waals surface area contributed by atoms with Gasteiger partial charge in [-0.3, -0.25) is 0 Å². The molecule has 1 aliphatic carbocycles. The molecule has 0 atom stereocenters. The minimum atomic E-state index is 0.516. The maximum Gasteiger partial charge on any atom is 0.00827 e. The number of hydrogen-bond donors (Lipinski definition) is 0. The SMILES string of the molecule is CC(C)(CBr)CC1CCCCC1. The van der Waals surface area contributed by atoms with Crippen molar-refractivity contribution < 1.29 is 0 Å². The number of rotatable bonds is 3. The first kappa shape index (κ1) is 10.6. The van der Waals surface area contributed by atoms with Crippen LogP contribution in [0.25, 0.3) is 0 Å². The lowest BCUT2D eigenvalue weighted by molar-refractivity contribution is 0.245. The average Bonchev–Trinajstić information content (AvgIpc) is 2.06. The largest absolute Gasteiger partial charge is 0.0922 e. The van der Waals surface area contributed by atoms with Gasteiger partial charge in [-0.25, -0.2) is 0 Å². The van der Waals surface area contributed by atoms with Crippen molar-refractivity contribution in [2.75, 3.05) is 5.33 Å². The number of alkyl halides is 1. The molecule has 1 aliphatic rings. The summed E-state index contributed by atoms with van der Waals surface area (Å²) in [6.07, 6.45) is 8.81. The van der Waals surface area contributed by atoms with E-state index in [-0.39, 0.29) is 0 Å². The maximum absolute atomic E-state index is 3.60. The van der Waals surface area contributed by atoms with Gasteiger partial charge in [-0.2, -0.15) is 0 Å². The lowest BCUT2D eigenvalue weighted by Gasteiger charge is -2.30. The van der Waals surface area contributed by atoms with E-state index in [1.807, 2.05) is 0 Å². The summed E-state index contributed by atoms with van der Waals surface area (Å²) in [5.74, 6) is 1.02. The molecule has 0 spiro atoms. The second-order valence-electron chi connectivity index (χ2n) is 5.01. The molecule has 0 aromatic carbocycles. The van der Waals surface area contributed by atoms with E-state index in [9.17, 15) is 0 Å². The van der Waals surface area contributed by atoms with Crippen LogP contribution < -0.4 is 0 Å². The van der Waals surface area contributed by atoms with Gasteiger partial charge in [0, 0.05) is 5.33 Å². The fraction of sp³-hybridized carbons (Fsp3) is 1.00. The highest BCUT2D eigenvalue weighted by molar-refractivity contribution is 9.09. The Morgan fingerprint density at radius 1 is 1.17 bits per heavy atom. The quantitative estimate of drug-likeness (QED) is 0.634. The van der Waals surface area contributed by atoms with Crippen LogP contribution in [-0.2, 0) is 0 Å². The van der Waals surface area contributed by atoms with E-state index in [4.69, 9.17) is 0 Å². The van der Waals surface area contributed by atoms with Gasteiger partial charge in [0.25, 0.3) is 0 Å². The Bertz CT molecular complexity index is 123. The zero-order chi connectivity index (χ0) is 9.03. The second kappa shape index (κ2) is 4.64. The van der Waals surface area contributed by atoms with E-state index in [1.165, 1.54) is 38.5 Å². The van der Waals surface area contributed by atoms with Crippen molar-refractivity contribution in [1.29, 1.82) is 0 Å². The van der Waals surface area contributed by atoms with Crippen molar-refractivity contribution in [2.24, 2.45) is 11.3 Å². The van der Waals surface area contributed by atoms with Gasteiger partial charge in [0.15, 0.2) is 0 Å². The normalized spacial score (nSPS) is 21.2. The van der Waals surface area contributed by atoms with Crippen LogP contribution in [0, 0.1) is 11.3 Å². The topological polar surface area (TPSA) is 0 Å². The fourth-order valence-corrected chi connectivity index (χ4v) is 2.46. The first-order chi connectivity index (χ1) is 5.64. The third-order valence-electron chi connectivity index (χ3n) is 2.93. The Morgan fingerprint density at radius 3 is 2.25 bits per heavy atom. The highest BCUT2D eigenvalue weighted by atomic mass is 79.9. The van der Waals surface area contributed by atoms with Crippen molar-refractivity contribution in [1.82, 2.24) is 0 Å². The molecule has 0 nitrogen and oxygen atoms in total. The molecule has 0 N–H and O–H groups in total. The molecule has 0 aliphatic heterocycles. The summed E-state index contributed by atoms with van der Waals surface area (Å²) >= 11 is 3.60. The fourth-order valence-electron chi connectivity index (χ4n) is 2.23. The Morgan fingerprint density at radius 2 is 1.75 bits per heavy atom. The van der Waals surface area contributed by atoms with Gasteiger partial charge in [0.1, 0.15) is 0 Å². The van der Waals surface area contributed by atoms with Crippen LogP contribution in [0.4, 0.5) is 0 Å². The van der Waals surface area contributed by atoms with Crippen LogP contribution in [0.2, 0.25) is 0 Å². The Labute approximate surface area is 85.3 Å². The number of hydrogen-bond acceptors (Lipinski definition) is 0. The first-order valence-electron chi connectivity index (χ1n) is 5.20. The van der Waals surface area contributed by atoms with Crippen molar-refractivity contribution >= 4 is 15.9 Å². The summed E-state index contributed by atoms with van der Waals surface area (Å²) in [5, 5.41) is 1.15. The van der Waals surface area contributed by atoms with Crippen molar-refractivity contribution in [3.05, 3.63) is 0 Å². The standard InChI is InChI=1S/C11H21Br/c1-11(2,9-12)8-10-6-4-3-5-7-10/h10H,3-9H2,1-2H3. The molecular weight excluding hydrogens is 212 g/mol. The third-order valence-corrected chi connectivity index (χ3v) is 4.45. The van der Waals surface area contributed by atoms with Crippen molar-refractivity contribution in [3.8, 4) is 0 Å². The summed E-state index contributed by atoms with van der Waals surface area (Å²) in [6, 6.07) is 0. The molecule has 0 saturated heterocycles. The smallest absolute Gasteiger partial charge is 0.00827 e. The predicted molar refractivity (Wildman–Crippen MR) is 58.8 cm³/mol. The molecule has 12 heavy (non-hydrogen) atoms. The molecule has 1 rings (SSSR count). The zero-order valence-corrected chi connectivity index (χ0v) is 9.99. The molecular formula is C11H21Br. The van der Waals surface area contributed by atoms with E-state index < -0.39 is 0 Å². The Kier molecular flexibility index (Phi) is 4.09. The first-order valence-corrected chi connectivity index (χ1v) is 6.32. The molecule has 0 aromatic heterocycles. The molecule has 0 heterocycles. The van der Waals surface area contributed by atoms with Crippen LogP contribution in [0.1, 0.15) is 52.4 Å². The molecule has 1 heteroatoms. The molecule has 1 fully saturated rings. The van der Waals surface area contributed by atoms with E-state index in [0.29, 0.717) is 5.41 Å². The van der Waals surface area contributed by atoms with Crippen LogP contribution in [0.15, 0.2) is 0 Å². The van der Waals surface area contributed by atoms with Crippen LogP contribution in [0.3, 0.4) is 0 Å². The lowest BCUT2D eigenvalue weighted by atomic mass is 9.78. The van der Waals surface area contributed by atoms with E-state index in [0.717, 1.165) is 11.2 Å². The maximum atomic E-state index is 3.60. The van der Waals surface area contributed by atoms with E-state index in [2.05, 4.69) is 29.8 Å². The summed E-state index contributed by atoms with van der Waals surface area (Å²) in [5.41, 5.74) is 0.516. The van der Waals surface area contributed by atoms with Gasteiger partial charge in [-0.1, -0.05) is 61.9 Å². The van der Waals surface area contributed by atoms with Gasteiger partial charge < -0.3 is 0 Å². The van der Waals surface area contributed by atoms with Gasteiger partial charge in [0.2, 0.25) is 0 Å². The zero-order valence-electron chi connectivity index (χ0n) is 8.41. The minimum absolute atomic E-state index is 0.516. The summed E-state index contributed by atoms with van der Waals surface area (Å²) in [7, 11) is 0. The Balaban J connectivity index is 2.28. The minimum Gasteiger partial charge on any atom is -0.0922 e. The highest BCUT2D eigenvalue weighted by Gasteiger charge is 2.23. The molecule has 0 amide bonds. The van der Waals surface area contributed by atoms with Crippen molar-refractivity contribution in [2.45, 2.75) is 52.4 Å². The molecule has 0 radical (unpaired) electrons. The summed E-state index contributed by atoms with van der Waals surface area (Å²) in [4.78, 5) is 0. The van der Waals surface area contributed by atoms with Gasteiger partial charge in [-0.15, -0.1) is 0 Å². The summed E-state index contributed by atoms with van der Waals surface area (Å²) in [6.45, 7) is 4.74. The Hall–Kier alpha value is 0.480. The highest BCUT2D eigenvalue weighted by Crippen LogP contribution is 2.35. The monoisotopic (exact) mass is 232 g/mol. The molecule has 0 unspecified atom stereocenters. The van der Waals surface area contributed by atoms with Crippen LogP contribution in [0.5, 0.6) is 0 Å². The number of halogens is 1. The predicted octanol–water partition coefficient (Wildman–Crippen LogP) is 4.38. The van der Waals surface area contributed by atoms with Crippen LogP contribution in [-0.4, -0.2) is 5.33 Å². The molecule has 72 valence electrons. The molecule has 1 saturated carbocycles. The van der Waals surface area contributed by atoms with Crippen LogP contribution >= 0.6 is 15.9 Å². The van der Waals surface area contributed by atoms with Gasteiger partial charge >= 0.3 is 0 Å². The lowest BCUT2D eigenvalue weighted by Crippen LogP contribution is -2.20. The van der Waals surface area contributed by atoms with Gasteiger partial charge in [0.05, 0.1) is 0 Å². The van der Waals surface area contributed by atoms with E-state index in [1.54, 1.807) is 0 Å². The van der Waals surface area contributed by atoms with Gasteiger partial charge in [-0.05, 0) is 17.8 Å². The third kappa shape index (κ3) is 3.47. The molecule has 0 aromatic rings. The average molecular weight is 233 g/mol. The molecule has 0 bridgehead atoms. The second-order valence-corrected chi connectivity index (χ2v) is 5.57.